The van der Waals surface area contributed by atoms with Gasteiger partial charge in [0.1, 0.15) is 11.4 Å². The summed E-state index contributed by atoms with van der Waals surface area (Å²) in [4.78, 5) is 11.5. The molecule has 0 saturated heterocycles. The lowest BCUT2D eigenvalue weighted by molar-refractivity contribution is 0.0686. The maximum Gasteiger partial charge on any atom is 0.352 e. The number of nitrogens with zero attached hydrogens (tertiary/aromatic N) is 1. The highest BCUT2D eigenvalue weighted by molar-refractivity contribution is 5.94. The third-order valence-corrected chi connectivity index (χ3v) is 3.78. The monoisotopic (exact) mass is 295 g/mol. The molecule has 112 valence electrons. The van der Waals surface area contributed by atoms with Crippen molar-refractivity contribution in [2.45, 2.75) is 13.5 Å². The zero-order valence-electron chi connectivity index (χ0n) is 12.5. The first-order valence-corrected chi connectivity index (χ1v) is 7.04. The smallest absolute Gasteiger partial charge is 0.352 e. The Hall–Kier alpha value is -2.75. The number of aromatic nitrogens is 1. The number of carbonyl (C=O) groups is 1. The highest BCUT2D eigenvalue weighted by atomic mass is 16.5. The molecule has 4 heteroatoms. The number of benzene rings is 2. The number of carboxylic acids is 1. The van der Waals surface area contributed by atoms with E-state index in [2.05, 4.69) is 0 Å². The first kappa shape index (κ1) is 14.2. The van der Waals surface area contributed by atoms with Gasteiger partial charge in [0, 0.05) is 17.4 Å². The highest BCUT2D eigenvalue weighted by Crippen LogP contribution is 2.23. The molecule has 0 aliphatic heterocycles. The van der Waals surface area contributed by atoms with Crippen LogP contribution in [0.5, 0.6) is 5.75 Å². The van der Waals surface area contributed by atoms with Crippen LogP contribution in [0.15, 0.2) is 48.5 Å². The summed E-state index contributed by atoms with van der Waals surface area (Å²) in [7, 11) is 1.62. The summed E-state index contributed by atoms with van der Waals surface area (Å²) >= 11 is 0. The van der Waals surface area contributed by atoms with Crippen molar-refractivity contribution < 1.29 is 14.6 Å². The fourth-order valence-electron chi connectivity index (χ4n) is 2.63. The summed E-state index contributed by atoms with van der Waals surface area (Å²) in [6.07, 6.45) is 0. The highest BCUT2D eigenvalue weighted by Gasteiger charge is 2.15. The van der Waals surface area contributed by atoms with Crippen molar-refractivity contribution in [3.05, 3.63) is 65.4 Å². The molecule has 0 aliphatic carbocycles. The van der Waals surface area contributed by atoms with Crippen molar-refractivity contribution in [2.75, 3.05) is 7.11 Å². The van der Waals surface area contributed by atoms with Gasteiger partial charge < -0.3 is 14.4 Å². The summed E-state index contributed by atoms with van der Waals surface area (Å²) in [6.45, 7) is 2.52. The normalized spacial score (nSPS) is 10.8. The van der Waals surface area contributed by atoms with Gasteiger partial charge in [0.25, 0.3) is 0 Å². The molecule has 22 heavy (non-hydrogen) atoms. The van der Waals surface area contributed by atoms with Gasteiger partial charge in [0.15, 0.2) is 0 Å². The summed E-state index contributed by atoms with van der Waals surface area (Å²) in [5.41, 5.74) is 3.38. The third-order valence-electron chi connectivity index (χ3n) is 3.78. The second-order valence-electron chi connectivity index (χ2n) is 5.33. The van der Waals surface area contributed by atoms with E-state index in [1.165, 1.54) is 0 Å². The Balaban J connectivity index is 2.08. The molecule has 3 aromatic rings. The molecule has 0 fully saturated rings. The summed E-state index contributed by atoms with van der Waals surface area (Å²) in [5, 5.41) is 10.4. The molecule has 0 bridgehead atoms. The third kappa shape index (κ3) is 2.55. The van der Waals surface area contributed by atoms with Crippen LogP contribution in [0, 0.1) is 6.92 Å². The second-order valence-corrected chi connectivity index (χ2v) is 5.33. The van der Waals surface area contributed by atoms with Crippen molar-refractivity contribution in [3.63, 3.8) is 0 Å². The second kappa shape index (κ2) is 5.56. The van der Waals surface area contributed by atoms with Gasteiger partial charge in [-0.25, -0.2) is 4.79 Å². The summed E-state index contributed by atoms with van der Waals surface area (Å²) in [5.74, 6) is -0.127. The van der Waals surface area contributed by atoms with Crippen molar-refractivity contribution >= 4 is 16.9 Å². The number of carboxylic acid groups (broad SMARTS) is 1. The van der Waals surface area contributed by atoms with Gasteiger partial charge in [-0.2, -0.15) is 0 Å². The Morgan fingerprint density at radius 3 is 2.50 bits per heavy atom. The minimum absolute atomic E-state index is 0.302. The lowest BCUT2D eigenvalue weighted by atomic mass is 10.2. The van der Waals surface area contributed by atoms with Crippen LogP contribution in [0.1, 0.15) is 21.6 Å². The molecule has 1 N–H and O–H groups in total. The number of aromatic carboxylic acids is 1. The molecule has 1 aromatic heterocycles. The van der Waals surface area contributed by atoms with E-state index in [4.69, 9.17) is 4.74 Å². The zero-order chi connectivity index (χ0) is 15.7. The van der Waals surface area contributed by atoms with E-state index in [1.807, 2.05) is 54.0 Å². The molecule has 0 atom stereocenters. The first-order chi connectivity index (χ1) is 10.6. The topological polar surface area (TPSA) is 51.5 Å². The maximum absolute atomic E-state index is 11.5. The molecule has 0 unspecified atom stereocenters. The van der Waals surface area contributed by atoms with Gasteiger partial charge in [0.2, 0.25) is 0 Å². The van der Waals surface area contributed by atoms with Gasteiger partial charge in [0.05, 0.1) is 7.11 Å². The largest absolute Gasteiger partial charge is 0.497 e. The molecule has 2 aromatic carbocycles. The van der Waals surface area contributed by atoms with Crippen LogP contribution in [0.3, 0.4) is 0 Å². The minimum Gasteiger partial charge on any atom is -0.497 e. The van der Waals surface area contributed by atoms with Gasteiger partial charge in [-0.15, -0.1) is 0 Å². The van der Waals surface area contributed by atoms with Crippen molar-refractivity contribution in [1.29, 1.82) is 0 Å². The Labute approximate surface area is 128 Å². The number of ether oxygens (including phenoxy) is 1. The molecule has 0 radical (unpaired) electrons. The Morgan fingerprint density at radius 1 is 1.14 bits per heavy atom. The number of aryl methyl sites for hydroxylation is 1. The van der Waals surface area contributed by atoms with Crippen LogP contribution in [0.2, 0.25) is 0 Å². The van der Waals surface area contributed by atoms with Crippen LogP contribution < -0.4 is 4.74 Å². The van der Waals surface area contributed by atoms with E-state index >= 15 is 0 Å². The first-order valence-electron chi connectivity index (χ1n) is 7.04. The molecule has 4 nitrogen and oxygen atoms in total. The van der Waals surface area contributed by atoms with E-state index in [-0.39, 0.29) is 0 Å². The molecule has 0 saturated carbocycles. The molecule has 1 heterocycles. The Morgan fingerprint density at radius 2 is 1.86 bits per heavy atom. The van der Waals surface area contributed by atoms with Crippen LogP contribution in [-0.4, -0.2) is 22.8 Å². The average Bonchev–Trinajstić information content (AvgIpc) is 2.86. The van der Waals surface area contributed by atoms with Crippen molar-refractivity contribution in [1.82, 2.24) is 4.57 Å². The summed E-state index contributed by atoms with van der Waals surface area (Å²) in [6, 6.07) is 15.4. The molecule has 0 spiro atoms. The Kier molecular flexibility index (Phi) is 3.59. The number of rotatable bonds is 4. The average molecular weight is 295 g/mol. The lowest BCUT2D eigenvalue weighted by Crippen LogP contribution is -2.09. The van der Waals surface area contributed by atoms with E-state index < -0.39 is 5.97 Å². The predicted octanol–water partition coefficient (Wildman–Crippen LogP) is 3.70. The van der Waals surface area contributed by atoms with Gasteiger partial charge in [-0.1, -0.05) is 24.3 Å². The number of hydrogen-bond acceptors (Lipinski definition) is 2. The van der Waals surface area contributed by atoms with Crippen molar-refractivity contribution in [3.8, 4) is 5.75 Å². The van der Waals surface area contributed by atoms with E-state index in [1.54, 1.807) is 13.2 Å². The SMILES string of the molecule is COc1ccc(Cn2c(C(=O)O)cc3ccc(C)cc32)cc1. The van der Waals surface area contributed by atoms with Crippen LogP contribution in [0.4, 0.5) is 0 Å². The minimum atomic E-state index is -0.914. The molecular formula is C18H17NO3. The van der Waals surface area contributed by atoms with E-state index in [0.717, 1.165) is 27.8 Å². The van der Waals surface area contributed by atoms with E-state index in [0.29, 0.717) is 12.2 Å². The maximum atomic E-state index is 11.5. The standard InChI is InChI=1S/C18H17NO3/c1-12-3-6-14-10-17(18(20)21)19(16(14)9-12)11-13-4-7-15(22-2)8-5-13/h3-10H,11H2,1-2H3,(H,20,21). The van der Waals surface area contributed by atoms with E-state index in [9.17, 15) is 9.90 Å². The number of methoxy groups -OCH3 is 1. The molecule has 0 amide bonds. The zero-order valence-corrected chi connectivity index (χ0v) is 12.5. The van der Waals surface area contributed by atoms with Crippen LogP contribution in [0.25, 0.3) is 10.9 Å². The Bertz CT molecular complexity index is 831. The summed E-state index contributed by atoms with van der Waals surface area (Å²) < 4.78 is 6.99. The predicted molar refractivity (Wildman–Crippen MR) is 85.7 cm³/mol. The molecular weight excluding hydrogens is 278 g/mol. The number of fused-ring (bicyclic) bond motifs is 1. The van der Waals surface area contributed by atoms with Gasteiger partial charge in [-0.3, -0.25) is 0 Å². The van der Waals surface area contributed by atoms with Crippen LogP contribution in [-0.2, 0) is 6.54 Å². The fourth-order valence-corrected chi connectivity index (χ4v) is 2.63. The number of hydrogen-bond donors (Lipinski definition) is 1. The quantitative estimate of drug-likeness (QED) is 0.798. The fraction of sp³-hybridized carbons (Fsp3) is 0.167. The van der Waals surface area contributed by atoms with Crippen LogP contribution >= 0.6 is 0 Å². The lowest BCUT2D eigenvalue weighted by Gasteiger charge is -2.10. The van der Waals surface area contributed by atoms with Gasteiger partial charge in [-0.05, 0) is 42.3 Å². The van der Waals surface area contributed by atoms with Gasteiger partial charge >= 0.3 is 5.97 Å². The van der Waals surface area contributed by atoms with Crippen molar-refractivity contribution in [2.24, 2.45) is 0 Å². The molecule has 0 aliphatic rings. The molecule has 3 rings (SSSR count).